The Balaban J connectivity index is 0.000000101. The van der Waals surface area contributed by atoms with Gasteiger partial charge in [0.2, 0.25) is 0 Å². The molecule has 0 fully saturated rings. The van der Waals surface area contributed by atoms with Gasteiger partial charge in [0.1, 0.15) is 33.5 Å². The zero-order chi connectivity index (χ0) is 80.7. The summed E-state index contributed by atoms with van der Waals surface area (Å²) in [5.41, 5.74) is 20.5. The molecule has 0 saturated carbocycles. The second-order valence-corrected chi connectivity index (χ2v) is 32.5. The minimum atomic E-state index is 0.917. The summed E-state index contributed by atoms with van der Waals surface area (Å²) in [6, 6.07) is 158. The van der Waals surface area contributed by atoms with E-state index in [0.29, 0.717) is 0 Å². The Hall–Kier alpha value is -16.2. The van der Waals surface area contributed by atoms with Gasteiger partial charge >= 0.3 is 0 Å². The van der Waals surface area contributed by atoms with Crippen LogP contribution in [0.4, 0.5) is 0 Å². The highest BCUT2D eigenvalue weighted by Gasteiger charge is 2.26. The number of fused-ring (bicyclic) bond motifs is 22. The van der Waals surface area contributed by atoms with E-state index >= 15 is 0 Å². The van der Waals surface area contributed by atoms with Crippen LogP contribution < -0.4 is 0 Å². The quantitative estimate of drug-likeness (QED) is 0.156. The Labute approximate surface area is 707 Å². The average molecular weight is 1560 g/mol. The van der Waals surface area contributed by atoms with E-state index in [9.17, 15) is 0 Å². The maximum absolute atomic E-state index is 6.72. The summed E-state index contributed by atoms with van der Waals surface area (Å²) >= 11 is 0. The number of rotatable bonds is 6. The van der Waals surface area contributed by atoms with Gasteiger partial charge in [-0.15, -0.1) is 0 Å². The van der Waals surface area contributed by atoms with E-state index in [0.717, 1.165) is 66.0 Å². The first-order valence-electron chi connectivity index (χ1n) is 42.3. The van der Waals surface area contributed by atoms with Crippen molar-refractivity contribution in [1.82, 2.24) is 0 Å². The third-order valence-corrected chi connectivity index (χ3v) is 25.9. The molecule has 24 aromatic carbocycles. The SMILES string of the molecule is c1ccc2c(-c3c4ccccc4c(-c4c5ccccc5cc5c4oc4ccccc45)c4ccccc34)cccc2c1.c1ccc2c(-c3c4ccccc4c(-c4ccc5oc6ccc7ccccc7c6c5c4)c4ccccc34)cccc2c1.c1ccc2cc3c(cc2c1)oc1ccc(-c2c4ccccc4c(-c4cccc5ccccc45)c4ccccc24)cc13. The average Bonchev–Trinajstić information content (AvgIpc) is 1.31. The second kappa shape index (κ2) is 28.3. The Morgan fingerprint density at radius 1 is 0.122 bits per heavy atom. The molecule has 27 aromatic rings. The largest absolute Gasteiger partial charge is 0.456 e. The summed E-state index contributed by atoms with van der Waals surface area (Å²) in [4.78, 5) is 0. The van der Waals surface area contributed by atoms with Gasteiger partial charge in [-0.05, 0) is 240 Å². The number of furan rings is 3. The van der Waals surface area contributed by atoms with Gasteiger partial charge in [-0.3, -0.25) is 0 Å². The molecule has 0 unspecified atom stereocenters. The van der Waals surface area contributed by atoms with E-state index in [4.69, 9.17) is 13.3 Å². The van der Waals surface area contributed by atoms with Gasteiger partial charge in [0.25, 0.3) is 0 Å². The molecule has 0 aliphatic rings. The minimum Gasteiger partial charge on any atom is -0.456 e. The monoisotopic (exact) mass is 1560 g/mol. The molecule has 0 N–H and O–H groups in total. The normalized spacial score (nSPS) is 11.9. The van der Waals surface area contributed by atoms with E-state index < -0.39 is 0 Å². The molecule has 0 amide bonds. The van der Waals surface area contributed by atoms with Crippen LogP contribution in [0.1, 0.15) is 0 Å². The van der Waals surface area contributed by atoms with Crippen LogP contribution in [0.15, 0.2) is 450 Å². The van der Waals surface area contributed by atoms with Crippen LogP contribution in [-0.4, -0.2) is 0 Å². The maximum Gasteiger partial charge on any atom is 0.143 e. The molecule has 3 aromatic heterocycles. The molecule has 0 aliphatic carbocycles. The number of hydrogen-bond acceptors (Lipinski definition) is 3. The van der Waals surface area contributed by atoms with Crippen LogP contribution in [0.2, 0.25) is 0 Å². The molecule has 3 heterocycles. The van der Waals surface area contributed by atoms with Gasteiger partial charge in [0.15, 0.2) is 0 Å². The molecular formula is C120H72O3. The first-order valence-corrected chi connectivity index (χ1v) is 42.3. The van der Waals surface area contributed by atoms with Gasteiger partial charge in [-0.2, -0.15) is 0 Å². The van der Waals surface area contributed by atoms with Crippen molar-refractivity contribution in [2.24, 2.45) is 0 Å². The Morgan fingerprint density at radius 3 is 0.870 bits per heavy atom. The van der Waals surface area contributed by atoms with Crippen LogP contribution in [0.25, 0.3) is 262 Å². The molecule has 0 radical (unpaired) electrons. The van der Waals surface area contributed by atoms with Gasteiger partial charge in [-0.25, -0.2) is 0 Å². The van der Waals surface area contributed by atoms with Crippen molar-refractivity contribution in [2.75, 3.05) is 0 Å². The zero-order valence-electron chi connectivity index (χ0n) is 66.8. The number of para-hydroxylation sites is 1. The number of benzene rings is 24. The molecule has 0 spiro atoms. The van der Waals surface area contributed by atoms with E-state index in [1.54, 1.807) is 0 Å². The first-order chi connectivity index (χ1) is 61.0. The Morgan fingerprint density at radius 2 is 0.415 bits per heavy atom. The van der Waals surface area contributed by atoms with Crippen molar-refractivity contribution in [1.29, 1.82) is 0 Å². The lowest BCUT2D eigenvalue weighted by Gasteiger charge is -2.20. The van der Waals surface area contributed by atoms with Crippen molar-refractivity contribution in [3.63, 3.8) is 0 Å². The lowest BCUT2D eigenvalue weighted by Crippen LogP contribution is -1.92. The fourth-order valence-electron chi connectivity index (χ4n) is 20.6. The van der Waals surface area contributed by atoms with E-state index in [1.165, 1.54) is 196 Å². The van der Waals surface area contributed by atoms with Gasteiger partial charge in [0, 0.05) is 43.4 Å². The van der Waals surface area contributed by atoms with Crippen molar-refractivity contribution < 1.29 is 13.3 Å². The molecule has 27 rings (SSSR count). The third-order valence-electron chi connectivity index (χ3n) is 25.9. The Bertz CT molecular complexity index is 8910. The van der Waals surface area contributed by atoms with E-state index in [-0.39, 0.29) is 0 Å². The van der Waals surface area contributed by atoms with Crippen molar-refractivity contribution >= 4 is 195 Å². The highest BCUT2D eigenvalue weighted by molar-refractivity contribution is 6.32. The fourth-order valence-corrected chi connectivity index (χ4v) is 20.6. The summed E-state index contributed by atoms with van der Waals surface area (Å²) in [6.07, 6.45) is 0. The highest BCUT2D eigenvalue weighted by Crippen LogP contribution is 2.53. The van der Waals surface area contributed by atoms with E-state index in [2.05, 4.69) is 431 Å². The second-order valence-electron chi connectivity index (χ2n) is 32.5. The molecule has 3 nitrogen and oxygen atoms in total. The van der Waals surface area contributed by atoms with Crippen LogP contribution >= 0.6 is 0 Å². The standard InChI is InChI=1S/3C40H24O/c1-3-15-27-25(12-1)14-11-22-30(27)37-31-18-5-7-20-33(31)38(34-21-8-6-19-32(34)37)39-28-16-4-2-13-26(28)24-35-29-17-9-10-23-36(29)41-40(35)39;1-3-13-28-25(10-1)12-9-19-30(28)39-33-17-7-5-15-31(33)38(32-16-6-8-18-34(32)39)27-21-22-36-35(24-27)40-29-14-4-2-11-26(29)20-23-37(40)41-36;1-2-12-27-24-38-36(22-26(27)11-1)35-23-28(20-21-37(35)41-38)39-31-15-5-7-17-33(31)40(34-18-8-6-16-32(34)39)30-19-9-13-25-10-3-4-14-29(25)30/h3*1-24H. The van der Waals surface area contributed by atoms with Crippen LogP contribution in [0.5, 0.6) is 0 Å². The third kappa shape index (κ3) is 11.1. The molecular weight excluding hydrogens is 1490 g/mol. The molecule has 0 bridgehead atoms. The smallest absolute Gasteiger partial charge is 0.143 e. The van der Waals surface area contributed by atoms with Gasteiger partial charge < -0.3 is 13.3 Å². The van der Waals surface area contributed by atoms with Crippen LogP contribution in [0.3, 0.4) is 0 Å². The topological polar surface area (TPSA) is 39.4 Å². The first kappa shape index (κ1) is 69.9. The highest BCUT2D eigenvalue weighted by atomic mass is 16.3. The molecule has 3 heteroatoms. The summed E-state index contributed by atoms with van der Waals surface area (Å²) in [7, 11) is 0. The molecule has 0 saturated heterocycles. The predicted molar refractivity (Wildman–Crippen MR) is 524 cm³/mol. The summed E-state index contributed by atoms with van der Waals surface area (Å²) in [5, 5.41) is 36.8. The predicted octanol–water partition coefficient (Wildman–Crippen LogP) is 34.6. The van der Waals surface area contributed by atoms with Crippen molar-refractivity contribution in [3.8, 4) is 66.8 Å². The molecule has 0 atom stereocenters. The van der Waals surface area contributed by atoms with Crippen LogP contribution in [-0.2, 0) is 0 Å². The maximum atomic E-state index is 6.72. The molecule has 0 aliphatic heterocycles. The van der Waals surface area contributed by atoms with Gasteiger partial charge in [-0.1, -0.05) is 382 Å². The zero-order valence-corrected chi connectivity index (χ0v) is 66.8. The Kier molecular flexibility index (Phi) is 16.1. The van der Waals surface area contributed by atoms with Crippen LogP contribution in [0, 0.1) is 0 Å². The minimum absolute atomic E-state index is 0.917. The lowest BCUT2D eigenvalue weighted by molar-refractivity contribution is 0.669. The lowest BCUT2D eigenvalue weighted by atomic mass is 9.83. The van der Waals surface area contributed by atoms with E-state index in [1.807, 2.05) is 6.07 Å². The van der Waals surface area contributed by atoms with Gasteiger partial charge in [0.05, 0.1) is 0 Å². The molecule has 123 heavy (non-hydrogen) atoms. The summed E-state index contributed by atoms with van der Waals surface area (Å²) < 4.78 is 19.4. The summed E-state index contributed by atoms with van der Waals surface area (Å²) in [6.45, 7) is 0. The molecule has 570 valence electrons. The van der Waals surface area contributed by atoms with Crippen molar-refractivity contribution in [2.45, 2.75) is 0 Å². The fraction of sp³-hybridized carbons (Fsp3) is 0. The van der Waals surface area contributed by atoms with Crippen molar-refractivity contribution in [3.05, 3.63) is 437 Å². The summed E-state index contributed by atoms with van der Waals surface area (Å²) in [5.74, 6) is 0. The number of hydrogen-bond donors (Lipinski definition) is 0.